The zero-order valence-electron chi connectivity index (χ0n) is 12.3. The third-order valence-electron chi connectivity index (χ3n) is 4.21. The van der Waals surface area contributed by atoms with Crippen LogP contribution in [-0.2, 0) is 4.74 Å². The first-order valence-electron chi connectivity index (χ1n) is 7.18. The SMILES string of the molecule is CC(C)OCCC1CC(C(C)(C)C)CCC1N. The van der Waals surface area contributed by atoms with Crippen LogP contribution in [0.15, 0.2) is 0 Å². The fourth-order valence-electron chi connectivity index (χ4n) is 2.86. The first-order chi connectivity index (χ1) is 7.80. The summed E-state index contributed by atoms with van der Waals surface area (Å²) in [6.07, 6.45) is 5.24. The van der Waals surface area contributed by atoms with Crippen LogP contribution in [0.3, 0.4) is 0 Å². The number of ether oxygens (including phenoxy) is 1. The van der Waals surface area contributed by atoms with Gasteiger partial charge in [-0.25, -0.2) is 0 Å². The molecule has 0 bridgehead atoms. The molecule has 1 fully saturated rings. The standard InChI is InChI=1S/C15H31NO/c1-11(2)17-9-8-12-10-13(15(3,4)5)6-7-14(12)16/h11-14H,6-10,16H2,1-5H3. The predicted molar refractivity (Wildman–Crippen MR) is 74.0 cm³/mol. The Kier molecular flexibility index (Phi) is 5.46. The summed E-state index contributed by atoms with van der Waals surface area (Å²) in [6.45, 7) is 12.1. The Balaban J connectivity index is 2.41. The summed E-state index contributed by atoms with van der Waals surface area (Å²) in [7, 11) is 0. The van der Waals surface area contributed by atoms with E-state index in [0.717, 1.165) is 18.9 Å². The van der Waals surface area contributed by atoms with Gasteiger partial charge in [-0.05, 0) is 56.8 Å². The van der Waals surface area contributed by atoms with Crippen molar-refractivity contribution in [3.05, 3.63) is 0 Å². The Labute approximate surface area is 107 Å². The van der Waals surface area contributed by atoms with Crippen molar-refractivity contribution in [1.29, 1.82) is 0 Å². The fraction of sp³-hybridized carbons (Fsp3) is 1.00. The normalized spacial score (nSPS) is 30.9. The van der Waals surface area contributed by atoms with Gasteiger partial charge in [0.1, 0.15) is 0 Å². The van der Waals surface area contributed by atoms with Crippen molar-refractivity contribution in [2.75, 3.05) is 6.61 Å². The van der Waals surface area contributed by atoms with E-state index in [1.165, 1.54) is 19.3 Å². The summed E-state index contributed by atoms with van der Waals surface area (Å²) in [5.41, 5.74) is 6.67. The van der Waals surface area contributed by atoms with Crippen LogP contribution >= 0.6 is 0 Å². The van der Waals surface area contributed by atoms with Crippen LogP contribution in [0, 0.1) is 17.3 Å². The average molecular weight is 241 g/mol. The third-order valence-corrected chi connectivity index (χ3v) is 4.21. The monoisotopic (exact) mass is 241 g/mol. The first kappa shape index (κ1) is 15.0. The largest absolute Gasteiger partial charge is 0.379 e. The number of hydrogen-bond acceptors (Lipinski definition) is 2. The molecule has 2 nitrogen and oxygen atoms in total. The Morgan fingerprint density at radius 3 is 2.41 bits per heavy atom. The molecule has 1 aliphatic carbocycles. The molecule has 1 rings (SSSR count). The first-order valence-corrected chi connectivity index (χ1v) is 7.18. The Hall–Kier alpha value is -0.0800. The van der Waals surface area contributed by atoms with E-state index in [9.17, 15) is 0 Å². The Morgan fingerprint density at radius 2 is 1.88 bits per heavy atom. The third kappa shape index (κ3) is 4.97. The molecule has 2 N–H and O–H groups in total. The van der Waals surface area contributed by atoms with Gasteiger partial charge in [-0.15, -0.1) is 0 Å². The van der Waals surface area contributed by atoms with Gasteiger partial charge in [0.05, 0.1) is 6.10 Å². The van der Waals surface area contributed by atoms with E-state index in [1.54, 1.807) is 0 Å². The Bertz CT molecular complexity index is 219. The molecule has 1 aliphatic rings. The molecule has 0 aromatic carbocycles. The van der Waals surface area contributed by atoms with Gasteiger partial charge in [0.2, 0.25) is 0 Å². The number of rotatable bonds is 4. The van der Waals surface area contributed by atoms with E-state index in [-0.39, 0.29) is 0 Å². The summed E-state index contributed by atoms with van der Waals surface area (Å²) in [5, 5.41) is 0. The van der Waals surface area contributed by atoms with E-state index in [4.69, 9.17) is 10.5 Å². The zero-order chi connectivity index (χ0) is 13.1. The molecule has 0 radical (unpaired) electrons. The van der Waals surface area contributed by atoms with Crippen molar-refractivity contribution >= 4 is 0 Å². The quantitative estimate of drug-likeness (QED) is 0.816. The molecule has 0 heterocycles. The molecule has 1 saturated carbocycles. The topological polar surface area (TPSA) is 35.2 Å². The lowest BCUT2D eigenvalue weighted by Gasteiger charge is -2.40. The van der Waals surface area contributed by atoms with Gasteiger partial charge in [0.15, 0.2) is 0 Å². The van der Waals surface area contributed by atoms with Gasteiger partial charge >= 0.3 is 0 Å². The Morgan fingerprint density at radius 1 is 1.24 bits per heavy atom. The van der Waals surface area contributed by atoms with Crippen molar-refractivity contribution in [2.24, 2.45) is 23.0 Å². The van der Waals surface area contributed by atoms with Crippen LogP contribution in [0.1, 0.15) is 60.3 Å². The summed E-state index contributed by atoms with van der Waals surface area (Å²) in [5.74, 6) is 1.48. The maximum atomic E-state index is 6.25. The highest BCUT2D eigenvalue weighted by atomic mass is 16.5. The van der Waals surface area contributed by atoms with E-state index in [0.29, 0.717) is 23.5 Å². The number of nitrogens with two attached hydrogens (primary N) is 1. The van der Waals surface area contributed by atoms with E-state index in [2.05, 4.69) is 34.6 Å². The molecule has 102 valence electrons. The van der Waals surface area contributed by atoms with Gasteiger partial charge in [0.25, 0.3) is 0 Å². The maximum absolute atomic E-state index is 6.25. The van der Waals surface area contributed by atoms with Crippen molar-refractivity contribution < 1.29 is 4.74 Å². The van der Waals surface area contributed by atoms with Crippen molar-refractivity contribution in [2.45, 2.75) is 72.4 Å². The summed E-state index contributed by atoms with van der Waals surface area (Å²) in [6, 6.07) is 0.393. The molecule has 0 amide bonds. The van der Waals surface area contributed by atoms with Crippen LogP contribution in [0.4, 0.5) is 0 Å². The van der Waals surface area contributed by atoms with Gasteiger partial charge in [0, 0.05) is 12.6 Å². The molecular weight excluding hydrogens is 210 g/mol. The molecule has 0 saturated heterocycles. The van der Waals surface area contributed by atoms with Crippen LogP contribution in [0.25, 0.3) is 0 Å². The smallest absolute Gasteiger partial charge is 0.0518 e. The predicted octanol–water partition coefficient (Wildman–Crippen LogP) is 3.59. The second-order valence-electron chi connectivity index (χ2n) is 7.01. The van der Waals surface area contributed by atoms with Crippen molar-refractivity contribution in [3.63, 3.8) is 0 Å². The van der Waals surface area contributed by atoms with Gasteiger partial charge in [-0.2, -0.15) is 0 Å². The lowest BCUT2D eigenvalue weighted by molar-refractivity contribution is 0.0492. The molecular formula is C15H31NO. The highest BCUT2D eigenvalue weighted by Gasteiger charge is 2.34. The second kappa shape index (κ2) is 6.19. The summed E-state index contributed by atoms with van der Waals surface area (Å²) >= 11 is 0. The fourth-order valence-corrected chi connectivity index (χ4v) is 2.86. The highest BCUT2D eigenvalue weighted by molar-refractivity contribution is 4.87. The van der Waals surface area contributed by atoms with Crippen LogP contribution < -0.4 is 5.73 Å². The summed E-state index contributed by atoms with van der Waals surface area (Å²) in [4.78, 5) is 0. The minimum absolute atomic E-state index is 0.341. The summed E-state index contributed by atoms with van der Waals surface area (Å²) < 4.78 is 5.66. The molecule has 0 spiro atoms. The van der Waals surface area contributed by atoms with Gasteiger partial charge in [-0.3, -0.25) is 0 Å². The molecule has 0 aliphatic heterocycles. The van der Waals surface area contributed by atoms with Crippen LogP contribution in [-0.4, -0.2) is 18.8 Å². The molecule has 0 aromatic heterocycles. The van der Waals surface area contributed by atoms with Gasteiger partial charge < -0.3 is 10.5 Å². The lowest BCUT2D eigenvalue weighted by Crippen LogP contribution is -2.40. The molecule has 17 heavy (non-hydrogen) atoms. The second-order valence-corrected chi connectivity index (χ2v) is 7.01. The molecule has 3 unspecified atom stereocenters. The minimum Gasteiger partial charge on any atom is -0.379 e. The van der Waals surface area contributed by atoms with Crippen LogP contribution in [0.2, 0.25) is 0 Å². The van der Waals surface area contributed by atoms with Crippen molar-refractivity contribution in [1.82, 2.24) is 0 Å². The van der Waals surface area contributed by atoms with E-state index in [1.807, 2.05) is 0 Å². The van der Waals surface area contributed by atoms with Crippen LogP contribution in [0.5, 0.6) is 0 Å². The van der Waals surface area contributed by atoms with E-state index >= 15 is 0 Å². The van der Waals surface area contributed by atoms with Crippen molar-refractivity contribution in [3.8, 4) is 0 Å². The van der Waals surface area contributed by atoms with Gasteiger partial charge in [-0.1, -0.05) is 20.8 Å². The molecule has 3 atom stereocenters. The molecule has 2 heteroatoms. The maximum Gasteiger partial charge on any atom is 0.0518 e. The lowest BCUT2D eigenvalue weighted by atomic mass is 9.67. The zero-order valence-corrected chi connectivity index (χ0v) is 12.3. The highest BCUT2D eigenvalue weighted by Crippen LogP contribution is 2.40. The molecule has 0 aromatic rings. The average Bonchev–Trinajstić information content (AvgIpc) is 2.18. The minimum atomic E-state index is 0.341. The van der Waals surface area contributed by atoms with E-state index < -0.39 is 0 Å². The number of hydrogen-bond donors (Lipinski definition) is 1.